The quantitative estimate of drug-likeness (QED) is 0.0243. The van der Waals surface area contributed by atoms with Crippen molar-refractivity contribution in [2.45, 2.75) is 270 Å². The molecule has 0 spiro atoms. The molecule has 0 bridgehead atoms. The molecule has 8 nitrogen and oxygen atoms in total. The maximum Gasteiger partial charge on any atom is 0.472 e. The summed E-state index contributed by atoms with van der Waals surface area (Å²) in [6, 6.07) is -0.756. The van der Waals surface area contributed by atoms with Gasteiger partial charge in [-0.2, -0.15) is 0 Å². The predicted molar refractivity (Wildman–Crippen MR) is 295 cm³/mol. The molecule has 398 valence electrons. The van der Waals surface area contributed by atoms with Gasteiger partial charge in [0.05, 0.1) is 39.9 Å². The Kier molecular flexibility index (Phi) is 48.8. The summed E-state index contributed by atoms with van der Waals surface area (Å²) in [5.74, 6) is -0.146. The number of allylic oxidation sites excluding steroid dienone is 10. The van der Waals surface area contributed by atoms with Crippen molar-refractivity contribution in [1.29, 1.82) is 0 Å². The minimum absolute atomic E-state index is 0.0749. The fourth-order valence-electron chi connectivity index (χ4n) is 8.31. The maximum absolute atomic E-state index is 12.9. The van der Waals surface area contributed by atoms with Crippen molar-refractivity contribution in [2.75, 3.05) is 40.9 Å². The van der Waals surface area contributed by atoms with E-state index in [4.69, 9.17) is 9.05 Å². The van der Waals surface area contributed by atoms with Gasteiger partial charge in [-0.05, 0) is 57.8 Å². The minimum atomic E-state index is -4.31. The summed E-state index contributed by atoms with van der Waals surface area (Å²) in [5, 5.41) is 13.9. The molecule has 0 aliphatic heterocycles. The van der Waals surface area contributed by atoms with Gasteiger partial charge in [0.1, 0.15) is 13.2 Å². The second kappa shape index (κ2) is 50.2. The van der Waals surface area contributed by atoms with E-state index in [0.717, 1.165) is 70.6 Å². The van der Waals surface area contributed by atoms with Crippen LogP contribution in [0.25, 0.3) is 0 Å². The first kappa shape index (κ1) is 66.2. The highest BCUT2D eigenvalue weighted by molar-refractivity contribution is 7.47. The molecule has 1 amide bonds. The van der Waals surface area contributed by atoms with Crippen LogP contribution in [-0.2, 0) is 18.4 Å². The van der Waals surface area contributed by atoms with E-state index in [-0.39, 0.29) is 19.1 Å². The SMILES string of the molecule is CC/C=C\C/C=C\C/C=C\C/C=C\C/C=C\CCCCCCCCCCCCCCCCCCCCCCCCCC(=O)NC(COP(=O)(O)OCC[N+](C)(C)C)C(O)CCCCCCCCC. The lowest BCUT2D eigenvalue weighted by Gasteiger charge is -2.26. The van der Waals surface area contributed by atoms with Gasteiger partial charge in [0, 0.05) is 6.42 Å². The summed E-state index contributed by atoms with van der Waals surface area (Å²) in [6.45, 7) is 4.73. The first-order chi connectivity index (χ1) is 33.0. The van der Waals surface area contributed by atoms with E-state index in [1.54, 1.807) is 0 Å². The normalized spacial score (nSPS) is 14.4. The molecule has 0 aromatic carbocycles. The summed E-state index contributed by atoms with van der Waals surface area (Å²) < 4.78 is 23.6. The van der Waals surface area contributed by atoms with Crippen LogP contribution in [0.4, 0.5) is 0 Å². The molecule has 0 radical (unpaired) electrons. The number of amides is 1. The summed E-state index contributed by atoms with van der Waals surface area (Å²) in [7, 11) is 1.62. The molecule has 3 atom stereocenters. The van der Waals surface area contributed by atoms with Gasteiger partial charge in [-0.15, -0.1) is 0 Å². The molecule has 9 heteroatoms. The lowest BCUT2D eigenvalue weighted by molar-refractivity contribution is -0.870. The number of aliphatic hydroxyl groups excluding tert-OH is 1. The number of phosphoric acid groups is 1. The maximum atomic E-state index is 12.9. The monoisotopic (exact) mass is 976 g/mol. The van der Waals surface area contributed by atoms with Crippen molar-refractivity contribution >= 4 is 13.7 Å². The molecular weight excluding hydrogens is 864 g/mol. The number of nitrogens with zero attached hydrogens (tertiary/aromatic N) is 1. The molecular formula is C59H112N2O6P+. The van der Waals surface area contributed by atoms with Gasteiger partial charge in [0.25, 0.3) is 0 Å². The van der Waals surface area contributed by atoms with E-state index < -0.39 is 20.0 Å². The lowest BCUT2D eigenvalue weighted by Crippen LogP contribution is -2.46. The zero-order chi connectivity index (χ0) is 49.9. The highest BCUT2D eigenvalue weighted by Gasteiger charge is 2.28. The third-order valence-electron chi connectivity index (χ3n) is 12.8. The fourth-order valence-corrected chi connectivity index (χ4v) is 9.05. The number of phosphoric ester groups is 1. The van der Waals surface area contributed by atoms with Crippen LogP contribution in [0.5, 0.6) is 0 Å². The van der Waals surface area contributed by atoms with Crippen LogP contribution in [0, 0.1) is 0 Å². The van der Waals surface area contributed by atoms with Crippen LogP contribution >= 0.6 is 7.82 Å². The van der Waals surface area contributed by atoms with Gasteiger partial charge in [0.15, 0.2) is 0 Å². The highest BCUT2D eigenvalue weighted by atomic mass is 31.2. The standard InChI is InChI=1S/C59H111N2O6P/c1-6-8-10-12-14-15-16-17-18-19-20-21-22-23-24-25-26-27-28-29-30-31-32-33-34-35-36-37-38-39-40-41-42-43-44-45-47-49-51-53-59(63)60-57(58(62)52-50-48-46-13-11-9-7-2)56-67-68(64,65)66-55-54-61(3,4)5/h8,10,14-15,17-18,20-21,23-24,57-58,62H,6-7,9,11-13,16,19,22,25-56H2,1-5H3,(H-,60,63,64,65)/p+1/b10-8-,15-14-,18-17-,21-20-,24-23-. The van der Waals surface area contributed by atoms with Gasteiger partial charge in [-0.1, -0.05) is 254 Å². The number of quaternary nitrogens is 1. The van der Waals surface area contributed by atoms with E-state index in [1.165, 1.54) is 161 Å². The van der Waals surface area contributed by atoms with Crippen LogP contribution in [-0.4, -0.2) is 73.4 Å². The number of hydrogen-bond acceptors (Lipinski definition) is 5. The Morgan fingerprint density at radius 1 is 0.515 bits per heavy atom. The molecule has 68 heavy (non-hydrogen) atoms. The first-order valence-corrected chi connectivity index (χ1v) is 30.1. The van der Waals surface area contributed by atoms with Gasteiger partial charge in [-0.3, -0.25) is 13.8 Å². The van der Waals surface area contributed by atoms with Gasteiger partial charge in [0.2, 0.25) is 5.91 Å². The largest absolute Gasteiger partial charge is 0.472 e. The molecule has 0 heterocycles. The zero-order valence-corrected chi connectivity index (χ0v) is 46.2. The average Bonchev–Trinajstić information content (AvgIpc) is 3.30. The van der Waals surface area contributed by atoms with Gasteiger partial charge in [-0.25, -0.2) is 4.57 Å². The van der Waals surface area contributed by atoms with Gasteiger partial charge >= 0.3 is 7.82 Å². The number of rotatable bonds is 52. The van der Waals surface area contributed by atoms with Gasteiger partial charge < -0.3 is 19.8 Å². The molecule has 3 N–H and O–H groups in total. The number of aliphatic hydroxyl groups is 1. The number of carbonyl (C=O) groups is 1. The lowest BCUT2D eigenvalue weighted by atomic mass is 10.0. The number of hydrogen-bond donors (Lipinski definition) is 3. The Hall–Kier alpha value is -1.80. The van der Waals surface area contributed by atoms with Crippen LogP contribution in [0.3, 0.4) is 0 Å². The molecule has 0 saturated heterocycles. The second-order valence-electron chi connectivity index (χ2n) is 20.6. The summed E-state index contributed by atoms with van der Waals surface area (Å²) in [5.41, 5.74) is 0. The van der Waals surface area contributed by atoms with E-state index in [2.05, 4.69) is 79.9 Å². The average molecular weight is 977 g/mol. The molecule has 0 fully saturated rings. The van der Waals surface area contributed by atoms with Crippen molar-refractivity contribution in [3.63, 3.8) is 0 Å². The summed E-state index contributed by atoms with van der Waals surface area (Å²) in [4.78, 5) is 23.1. The Balaban J connectivity index is 3.76. The molecule has 0 aliphatic carbocycles. The van der Waals surface area contributed by atoms with Crippen LogP contribution in [0.15, 0.2) is 60.8 Å². The number of carbonyl (C=O) groups excluding carboxylic acids is 1. The van der Waals surface area contributed by atoms with Crippen LogP contribution in [0.1, 0.15) is 258 Å². The Bertz CT molecular complexity index is 1290. The third kappa shape index (κ3) is 52.0. The van der Waals surface area contributed by atoms with Crippen molar-refractivity contribution in [2.24, 2.45) is 0 Å². The molecule has 3 unspecified atom stereocenters. The second-order valence-corrected chi connectivity index (χ2v) is 22.1. The van der Waals surface area contributed by atoms with Crippen LogP contribution < -0.4 is 5.32 Å². The molecule has 0 aliphatic rings. The number of unbranched alkanes of at least 4 members (excludes halogenated alkanes) is 29. The highest BCUT2D eigenvalue weighted by Crippen LogP contribution is 2.43. The molecule has 0 saturated carbocycles. The third-order valence-corrected chi connectivity index (χ3v) is 13.8. The molecule has 0 aromatic heterocycles. The minimum Gasteiger partial charge on any atom is -0.391 e. The van der Waals surface area contributed by atoms with Crippen LogP contribution in [0.2, 0.25) is 0 Å². The van der Waals surface area contributed by atoms with Crippen molar-refractivity contribution < 1.29 is 32.9 Å². The predicted octanol–water partition coefficient (Wildman–Crippen LogP) is 17.3. The van der Waals surface area contributed by atoms with Crippen molar-refractivity contribution in [1.82, 2.24) is 5.32 Å². The van der Waals surface area contributed by atoms with E-state index >= 15 is 0 Å². The van der Waals surface area contributed by atoms with E-state index in [1.807, 2.05) is 21.1 Å². The van der Waals surface area contributed by atoms with Crippen molar-refractivity contribution in [3.05, 3.63) is 60.8 Å². The first-order valence-electron chi connectivity index (χ1n) is 28.7. The fraction of sp³-hybridized carbons (Fsp3) is 0.814. The van der Waals surface area contributed by atoms with E-state index in [9.17, 15) is 19.4 Å². The number of likely N-dealkylation sites (N-methyl/N-ethyl adjacent to an activating group) is 1. The Labute approximate surface area is 422 Å². The smallest absolute Gasteiger partial charge is 0.391 e. The summed E-state index contributed by atoms with van der Waals surface area (Å²) >= 11 is 0. The molecule has 0 aromatic rings. The summed E-state index contributed by atoms with van der Waals surface area (Å²) in [6.07, 6.45) is 67.6. The topological polar surface area (TPSA) is 105 Å². The van der Waals surface area contributed by atoms with E-state index in [0.29, 0.717) is 23.9 Å². The van der Waals surface area contributed by atoms with Crippen molar-refractivity contribution in [3.8, 4) is 0 Å². The molecule has 0 rings (SSSR count). The zero-order valence-electron chi connectivity index (χ0n) is 45.3. The number of nitrogens with one attached hydrogen (secondary N) is 1. The Morgan fingerprint density at radius 2 is 0.882 bits per heavy atom. The Morgan fingerprint density at radius 3 is 1.29 bits per heavy atom.